The Bertz CT molecular complexity index is 1330. The van der Waals surface area contributed by atoms with Crippen LogP contribution in [0.1, 0.15) is 29.2 Å². The Morgan fingerprint density at radius 3 is 2.82 bits per heavy atom. The molecule has 28 heavy (non-hydrogen) atoms. The van der Waals surface area contributed by atoms with Gasteiger partial charge in [-0.05, 0) is 25.1 Å². The Hall–Kier alpha value is -3.13. The molecule has 2 bridgehead atoms. The number of fused-ring (bicyclic) bond motifs is 2. The van der Waals surface area contributed by atoms with Gasteiger partial charge in [-0.1, -0.05) is 18.2 Å². The number of hydrogen-bond acceptors (Lipinski definition) is 6. The van der Waals surface area contributed by atoms with Gasteiger partial charge in [-0.15, -0.1) is 11.3 Å². The Morgan fingerprint density at radius 1 is 1.25 bits per heavy atom. The van der Waals surface area contributed by atoms with Crippen LogP contribution in [-0.2, 0) is 16.0 Å². The van der Waals surface area contributed by atoms with Crippen LogP contribution >= 0.6 is 11.3 Å². The molecule has 0 spiro atoms. The van der Waals surface area contributed by atoms with Crippen molar-refractivity contribution in [1.29, 1.82) is 0 Å². The van der Waals surface area contributed by atoms with Crippen molar-refractivity contribution in [3.05, 3.63) is 68.8 Å². The van der Waals surface area contributed by atoms with Crippen LogP contribution < -0.4 is 5.56 Å². The van der Waals surface area contributed by atoms with E-state index in [-0.39, 0.29) is 18.6 Å². The number of rotatable bonds is 4. The fourth-order valence-electron chi connectivity index (χ4n) is 3.66. The molecule has 8 heteroatoms. The molecule has 2 aromatic carbocycles. The lowest BCUT2D eigenvalue weighted by Crippen LogP contribution is -2.30. The summed E-state index contributed by atoms with van der Waals surface area (Å²) in [5, 5.41) is 6.10. The lowest BCUT2D eigenvalue weighted by Gasteiger charge is -2.18. The number of carbonyl (C=O) groups excluding carboxylic acids is 1. The van der Waals surface area contributed by atoms with E-state index in [1.54, 1.807) is 37.3 Å². The van der Waals surface area contributed by atoms with Gasteiger partial charge in [0.05, 0.1) is 34.3 Å². The molecular weight excluding hydrogens is 381 g/mol. The van der Waals surface area contributed by atoms with Gasteiger partial charge in [0.1, 0.15) is 16.9 Å². The zero-order valence-corrected chi connectivity index (χ0v) is 15.6. The number of thiazole rings is 1. The van der Waals surface area contributed by atoms with Gasteiger partial charge in [0, 0.05) is 10.9 Å². The minimum atomic E-state index is -0.716. The van der Waals surface area contributed by atoms with E-state index >= 15 is 0 Å². The SMILES string of the molecule is CCOC(=O)Cc1nn(C2c3nc4c2c(F)ccc4s3)c(=O)c2ccccc12. The summed E-state index contributed by atoms with van der Waals surface area (Å²) in [6.07, 6.45) is -0.0731. The molecule has 0 saturated carbocycles. The number of aromatic nitrogens is 3. The molecule has 2 aromatic heterocycles. The van der Waals surface area contributed by atoms with Crippen LogP contribution in [-0.4, -0.2) is 27.3 Å². The number of benzene rings is 2. The van der Waals surface area contributed by atoms with E-state index < -0.39 is 17.8 Å². The molecule has 140 valence electrons. The van der Waals surface area contributed by atoms with Crippen molar-refractivity contribution in [2.24, 2.45) is 0 Å². The monoisotopic (exact) mass is 395 g/mol. The molecule has 0 aliphatic carbocycles. The molecule has 5 rings (SSSR count). The maximum Gasteiger partial charge on any atom is 0.311 e. The zero-order valence-electron chi connectivity index (χ0n) is 14.8. The average Bonchev–Trinajstić information content (AvgIpc) is 3.27. The van der Waals surface area contributed by atoms with Crippen LogP contribution in [0.4, 0.5) is 4.39 Å². The van der Waals surface area contributed by atoms with Crippen LogP contribution in [0.15, 0.2) is 41.2 Å². The summed E-state index contributed by atoms with van der Waals surface area (Å²) >= 11 is 1.41. The first kappa shape index (κ1) is 17.0. The third kappa shape index (κ3) is 2.37. The molecule has 1 aliphatic rings. The predicted octanol–water partition coefficient (Wildman–Crippen LogP) is 3.20. The fraction of sp³-hybridized carbons (Fsp3) is 0.200. The number of halogens is 1. The van der Waals surface area contributed by atoms with E-state index in [9.17, 15) is 14.0 Å². The highest BCUT2D eigenvalue weighted by Crippen LogP contribution is 2.43. The van der Waals surface area contributed by atoms with Crippen molar-refractivity contribution in [3.8, 4) is 0 Å². The highest BCUT2D eigenvalue weighted by molar-refractivity contribution is 7.19. The van der Waals surface area contributed by atoms with E-state index in [2.05, 4.69) is 10.1 Å². The molecule has 3 heterocycles. The van der Waals surface area contributed by atoms with E-state index in [1.165, 1.54) is 22.1 Å². The maximum atomic E-state index is 14.6. The van der Waals surface area contributed by atoms with Crippen molar-refractivity contribution in [2.45, 2.75) is 19.4 Å². The molecule has 0 amide bonds. The smallest absolute Gasteiger partial charge is 0.311 e. The first-order valence-corrected chi connectivity index (χ1v) is 9.65. The van der Waals surface area contributed by atoms with Crippen LogP contribution in [0, 0.1) is 5.82 Å². The maximum absolute atomic E-state index is 14.6. The van der Waals surface area contributed by atoms with Gasteiger partial charge in [0.15, 0.2) is 0 Å². The molecule has 0 fully saturated rings. The number of ether oxygens (including phenoxy) is 1. The first-order valence-electron chi connectivity index (χ1n) is 8.83. The van der Waals surface area contributed by atoms with Crippen molar-refractivity contribution in [3.63, 3.8) is 0 Å². The lowest BCUT2D eigenvalue weighted by molar-refractivity contribution is -0.142. The Kier molecular flexibility index (Phi) is 3.77. The topological polar surface area (TPSA) is 74.1 Å². The van der Waals surface area contributed by atoms with Gasteiger partial charge >= 0.3 is 5.97 Å². The van der Waals surface area contributed by atoms with Gasteiger partial charge in [-0.3, -0.25) is 9.59 Å². The van der Waals surface area contributed by atoms with E-state index in [0.717, 1.165) is 4.70 Å². The molecular formula is C20H14FN3O3S. The highest BCUT2D eigenvalue weighted by Gasteiger charge is 2.35. The highest BCUT2D eigenvalue weighted by atomic mass is 32.1. The van der Waals surface area contributed by atoms with E-state index in [4.69, 9.17) is 4.74 Å². The second-order valence-corrected chi connectivity index (χ2v) is 7.55. The fourth-order valence-corrected chi connectivity index (χ4v) is 4.74. The van der Waals surface area contributed by atoms with E-state index in [0.29, 0.717) is 32.6 Å². The Morgan fingerprint density at radius 2 is 2.04 bits per heavy atom. The summed E-state index contributed by atoms with van der Waals surface area (Å²) in [4.78, 5) is 29.7. The molecule has 1 unspecified atom stereocenters. The van der Waals surface area contributed by atoms with Crippen LogP contribution in [0.2, 0.25) is 0 Å². The zero-order chi connectivity index (χ0) is 19.4. The number of hydrogen-bond donors (Lipinski definition) is 0. The van der Waals surface area contributed by atoms with Gasteiger partial charge in [-0.25, -0.2) is 14.1 Å². The molecule has 4 aromatic rings. The summed E-state index contributed by atoms with van der Waals surface area (Å²) in [5.74, 6) is -0.849. The summed E-state index contributed by atoms with van der Waals surface area (Å²) in [7, 11) is 0. The second-order valence-electron chi connectivity index (χ2n) is 6.49. The van der Waals surface area contributed by atoms with Crippen LogP contribution in [0.5, 0.6) is 0 Å². The van der Waals surface area contributed by atoms with E-state index in [1.807, 2.05) is 0 Å². The number of carbonyl (C=O) groups is 1. The average molecular weight is 395 g/mol. The molecule has 0 saturated heterocycles. The molecule has 0 radical (unpaired) electrons. The Balaban J connectivity index is 1.73. The van der Waals surface area contributed by atoms with Crippen molar-refractivity contribution in [2.75, 3.05) is 6.61 Å². The minimum absolute atomic E-state index is 0.0731. The molecule has 1 aliphatic heterocycles. The second kappa shape index (κ2) is 6.20. The number of nitrogens with zero attached hydrogens (tertiary/aromatic N) is 3. The van der Waals surface area contributed by atoms with Gasteiger partial charge in [-0.2, -0.15) is 5.10 Å². The van der Waals surface area contributed by atoms with Gasteiger partial charge < -0.3 is 4.74 Å². The number of esters is 1. The van der Waals surface area contributed by atoms with Crippen molar-refractivity contribution < 1.29 is 13.9 Å². The van der Waals surface area contributed by atoms with Crippen molar-refractivity contribution >= 4 is 38.3 Å². The minimum Gasteiger partial charge on any atom is -0.466 e. The molecule has 6 nitrogen and oxygen atoms in total. The standard InChI is InChI=1S/C20H14FN3O3S/c1-2-27-15(25)9-13-10-5-3-4-6-11(10)20(26)24(23-13)18-16-12(21)7-8-14-17(16)22-19(18)28-14/h3-8,18H,2,9H2,1H3. The summed E-state index contributed by atoms with van der Waals surface area (Å²) in [5.41, 5.74) is 1.00. The van der Waals surface area contributed by atoms with Gasteiger partial charge in [0.25, 0.3) is 5.56 Å². The third-order valence-electron chi connectivity index (χ3n) is 4.84. The third-order valence-corrected chi connectivity index (χ3v) is 5.91. The predicted molar refractivity (Wildman–Crippen MR) is 103 cm³/mol. The summed E-state index contributed by atoms with van der Waals surface area (Å²) in [6, 6.07) is 9.32. The normalized spacial score (nSPS) is 15.0. The first-order chi connectivity index (χ1) is 13.6. The summed E-state index contributed by atoms with van der Waals surface area (Å²) in [6.45, 7) is 1.99. The van der Waals surface area contributed by atoms with Crippen LogP contribution in [0.3, 0.4) is 0 Å². The molecule has 1 atom stereocenters. The Labute approximate surface area is 162 Å². The van der Waals surface area contributed by atoms with Gasteiger partial charge in [0.2, 0.25) is 0 Å². The lowest BCUT2D eigenvalue weighted by atomic mass is 10.1. The molecule has 0 N–H and O–H groups in total. The summed E-state index contributed by atoms with van der Waals surface area (Å²) < 4.78 is 21.8. The quantitative estimate of drug-likeness (QED) is 0.437. The largest absolute Gasteiger partial charge is 0.466 e. The van der Waals surface area contributed by atoms with Crippen LogP contribution in [0.25, 0.3) is 21.0 Å². The van der Waals surface area contributed by atoms with Crippen molar-refractivity contribution in [1.82, 2.24) is 14.8 Å².